The third-order valence-electron chi connectivity index (χ3n) is 3.25. The molecule has 0 spiro atoms. The topological polar surface area (TPSA) is 66.5 Å². The van der Waals surface area contributed by atoms with Gasteiger partial charge < -0.3 is 5.32 Å². The predicted octanol–water partition coefficient (Wildman–Crippen LogP) is 0.781. The standard InChI is InChI=1S/C13H24N2O3S/c1-11-4-7-15(8-5-11)10-13(16)14-12(2)6-9-19(3,17)18/h6,9,11-12H,4-5,7-8,10H2,1-3H3,(H,14,16)/b9-6-/t12-/m1/s1. The number of hydrogen-bond donors (Lipinski definition) is 1. The number of rotatable bonds is 5. The number of hydrogen-bond acceptors (Lipinski definition) is 4. The maximum Gasteiger partial charge on any atom is 0.234 e. The summed E-state index contributed by atoms with van der Waals surface area (Å²) in [4.78, 5) is 13.9. The maximum atomic E-state index is 11.8. The van der Waals surface area contributed by atoms with Crippen LogP contribution >= 0.6 is 0 Å². The summed E-state index contributed by atoms with van der Waals surface area (Å²) >= 11 is 0. The molecule has 110 valence electrons. The van der Waals surface area contributed by atoms with Crippen LogP contribution in [0.5, 0.6) is 0 Å². The molecular formula is C13H24N2O3S. The molecule has 6 heteroatoms. The van der Waals surface area contributed by atoms with E-state index in [2.05, 4.69) is 17.1 Å². The molecule has 0 bridgehead atoms. The highest BCUT2D eigenvalue weighted by molar-refractivity contribution is 7.93. The second-order valence-corrected chi connectivity index (χ2v) is 7.40. The minimum absolute atomic E-state index is 0.0554. The van der Waals surface area contributed by atoms with E-state index in [-0.39, 0.29) is 11.9 Å². The van der Waals surface area contributed by atoms with Crippen molar-refractivity contribution < 1.29 is 13.2 Å². The van der Waals surface area contributed by atoms with Gasteiger partial charge in [-0.05, 0) is 38.8 Å². The first kappa shape index (κ1) is 16.2. The third kappa shape index (κ3) is 7.32. The minimum Gasteiger partial charge on any atom is -0.349 e. The SMILES string of the molecule is CC1CCN(CC(=O)N[C@H](C)/C=C\S(C)(=O)=O)CC1. The van der Waals surface area contributed by atoms with E-state index >= 15 is 0 Å². The Morgan fingerprint density at radius 2 is 2.00 bits per heavy atom. The highest BCUT2D eigenvalue weighted by Crippen LogP contribution is 2.15. The smallest absolute Gasteiger partial charge is 0.234 e. The van der Waals surface area contributed by atoms with Gasteiger partial charge in [0.05, 0.1) is 6.54 Å². The van der Waals surface area contributed by atoms with Crippen molar-refractivity contribution >= 4 is 15.7 Å². The van der Waals surface area contributed by atoms with Crippen LogP contribution in [0.2, 0.25) is 0 Å². The Kier molecular flexibility index (Phi) is 6.00. The van der Waals surface area contributed by atoms with E-state index in [9.17, 15) is 13.2 Å². The Labute approximate surface area is 116 Å². The molecule has 0 radical (unpaired) electrons. The molecule has 1 aliphatic rings. The lowest BCUT2D eigenvalue weighted by atomic mass is 9.99. The fourth-order valence-electron chi connectivity index (χ4n) is 2.03. The lowest BCUT2D eigenvalue weighted by Gasteiger charge is -2.29. The molecule has 0 aromatic rings. The van der Waals surface area contributed by atoms with Gasteiger partial charge in [-0.2, -0.15) is 0 Å². The Morgan fingerprint density at radius 1 is 1.42 bits per heavy atom. The van der Waals surface area contributed by atoms with E-state index in [1.807, 2.05) is 0 Å². The van der Waals surface area contributed by atoms with Crippen molar-refractivity contribution in [1.82, 2.24) is 10.2 Å². The summed E-state index contributed by atoms with van der Waals surface area (Å²) < 4.78 is 21.9. The molecule has 1 amide bonds. The van der Waals surface area contributed by atoms with Gasteiger partial charge in [0.25, 0.3) is 0 Å². The van der Waals surface area contributed by atoms with E-state index in [0.29, 0.717) is 6.54 Å². The molecule has 1 rings (SSSR count). The summed E-state index contributed by atoms with van der Waals surface area (Å²) in [5.74, 6) is 0.691. The van der Waals surface area contributed by atoms with E-state index in [4.69, 9.17) is 0 Å². The number of nitrogens with zero attached hydrogens (tertiary/aromatic N) is 1. The fraction of sp³-hybridized carbons (Fsp3) is 0.769. The van der Waals surface area contributed by atoms with Crippen LogP contribution in [0.15, 0.2) is 11.5 Å². The molecule has 1 N–H and O–H groups in total. The van der Waals surface area contributed by atoms with Crippen LogP contribution in [0.4, 0.5) is 0 Å². The lowest BCUT2D eigenvalue weighted by molar-refractivity contribution is -0.122. The summed E-state index contributed by atoms with van der Waals surface area (Å²) in [5.41, 5.74) is 0. The molecule has 1 heterocycles. The van der Waals surface area contributed by atoms with Crippen LogP contribution < -0.4 is 5.32 Å². The first-order chi connectivity index (χ1) is 8.76. The number of carbonyl (C=O) groups is 1. The fourth-order valence-corrected chi connectivity index (χ4v) is 2.55. The van der Waals surface area contributed by atoms with E-state index in [0.717, 1.165) is 43.5 Å². The Bertz CT molecular complexity index is 423. The van der Waals surface area contributed by atoms with Crippen LogP contribution in [-0.2, 0) is 14.6 Å². The molecule has 1 saturated heterocycles. The van der Waals surface area contributed by atoms with Gasteiger partial charge in [-0.3, -0.25) is 9.69 Å². The number of nitrogens with one attached hydrogen (secondary N) is 1. The quantitative estimate of drug-likeness (QED) is 0.812. The molecular weight excluding hydrogens is 264 g/mol. The molecule has 1 fully saturated rings. The van der Waals surface area contributed by atoms with Crippen molar-refractivity contribution in [3.8, 4) is 0 Å². The van der Waals surface area contributed by atoms with Crippen molar-refractivity contribution in [2.45, 2.75) is 32.7 Å². The van der Waals surface area contributed by atoms with Gasteiger partial charge in [0.2, 0.25) is 5.91 Å². The summed E-state index contributed by atoms with van der Waals surface area (Å²) in [6.07, 6.45) is 4.89. The van der Waals surface area contributed by atoms with Crippen LogP contribution in [0, 0.1) is 5.92 Å². The summed E-state index contributed by atoms with van der Waals surface area (Å²) in [6, 6.07) is -0.272. The van der Waals surface area contributed by atoms with E-state index in [1.54, 1.807) is 6.92 Å². The summed E-state index contributed by atoms with van der Waals surface area (Å²) in [6.45, 7) is 6.31. The van der Waals surface area contributed by atoms with Crippen molar-refractivity contribution in [1.29, 1.82) is 0 Å². The van der Waals surface area contributed by atoms with Gasteiger partial charge in [-0.25, -0.2) is 8.42 Å². The normalized spacial score (nSPS) is 20.6. The van der Waals surface area contributed by atoms with Crippen LogP contribution in [0.1, 0.15) is 26.7 Å². The van der Waals surface area contributed by atoms with E-state index < -0.39 is 9.84 Å². The Hall–Kier alpha value is -0.880. The molecule has 0 aromatic carbocycles. The van der Waals surface area contributed by atoms with Crippen molar-refractivity contribution in [3.05, 3.63) is 11.5 Å². The highest BCUT2D eigenvalue weighted by Gasteiger charge is 2.18. The zero-order valence-corrected chi connectivity index (χ0v) is 12.7. The monoisotopic (exact) mass is 288 g/mol. The Morgan fingerprint density at radius 3 is 2.53 bits per heavy atom. The zero-order chi connectivity index (χ0) is 14.5. The lowest BCUT2D eigenvalue weighted by Crippen LogP contribution is -2.43. The van der Waals surface area contributed by atoms with Gasteiger partial charge in [-0.1, -0.05) is 13.0 Å². The molecule has 1 atom stereocenters. The molecule has 0 aromatic heterocycles. The number of likely N-dealkylation sites (tertiary alicyclic amines) is 1. The van der Waals surface area contributed by atoms with Crippen molar-refractivity contribution in [2.75, 3.05) is 25.9 Å². The molecule has 0 unspecified atom stereocenters. The van der Waals surface area contributed by atoms with Gasteiger partial charge in [0.15, 0.2) is 9.84 Å². The molecule has 5 nitrogen and oxygen atoms in total. The second kappa shape index (κ2) is 7.05. The number of piperidine rings is 1. The average molecular weight is 288 g/mol. The first-order valence-electron chi connectivity index (χ1n) is 6.66. The van der Waals surface area contributed by atoms with E-state index in [1.165, 1.54) is 6.08 Å². The Balaban J connectivity index is 2.33. The number of carbonyl (C=O) groups excluding carboxylic acids is 1. The van der Waals surface area contributed by atoms with Gasteiger partial charge in [0, 0.05) is 17.7 Å². The zero-order valence-electron chi connectivity index (χ0n) is 11.9. The first-order valence-corrected chi connectivity index (χ1v) is 8.61. The van der Waals surface area contributed by atoms with Crippen molar-refractivity contribution in [2.24, 2.45) is 5.92 Å². The minimum atomic E-state index is -3.13. The van der Waals surface area contributed by atoms with Gasteiger partial charge in [-0.15, -0.1) is 0 Å². The molecule has 19 heavy (non-hydrogen) atoms. The van der Waals surface area contributed by atoms with Gasteiger partial charge >= 0.3 is 0 Å². The molecule has 1 aliphatic heterocycles. The number of amides is 1. The second-order valence-electron chi connectivity index (χ2n) is 5.47. The van der Waals surface area contributed by atoms with Crippen molar-refractivity contribution in [3.63, 3.8) is 0 Å². The van der Waals surface area contributed by atoms with Gasteiger partial charge in [0.1, 0.15) is 0 Å². The predicted molar refractivity (Wildman–Crippen MR) is 76.4 cm³/mol. The molecule has 0 aliphatic carbocycles. The summed E-state index contributed by atoms with van der Waals surface area (Å²) in [5, 5.41) is 3.90. The van der Waals surface area contributed by atoms with Crippen LogP contribution in [-0.4, -0.2) is 51.2 Å². The largest absolute Gasteiger partial charge is 0.349 e. The highest BCUT2D eigenvalue weighted by atomic mass is 32.2. The van der Waals surface area contributed by atoms with Crippen LogP contribution in [0.25, 0.3) is 0 Å². The van der Waals surface area contributed by atoms with Crippen LogP contribution in [0.3, 0.4) is 0 Å². The summed E-state index contributed by atoms with van der Waals surface area (Å²) in [7, 11) is -3.13. The molecule has 0 saturated carbocycles. The number of sulfone groups is 1. The third-order valence-corrected chi connectivity index (χ3v) is 3.90. The maximum absolute atomic E-state index is 11.8. The average Bonchev–Trinajstić information content (AvgIpc) is 2.29.